The van der Waals surface area contributed by atoms with Crippen molar-refractivity contribution in [2.75, 3.05) is 33.2 Å². The Morgan fingerprint density at radius 3 is 2.52 bits per heavy atom. The molecule has 0 aromatic heterocycles. The molecule has 2 rings (SSSR count). The van der Waals surface area contributed by atoms with Crippen LogP contribution in [0.5, 0.6) is 0 Å². The zero-order valence-electron chi connectivity index (χ0n) is 15.0. The van der Waals surface area contributed by atoms with Crippen LogP contribution in [0.3, 0.4) is 0 Å². The molecule has 0 aliphatic carbocycles. The quantitative estimate of drug-likeness (QED) is 0.812. The van der Waals surface area contributed by atoms with Gasteiger partial charge < -0.3 is 10.2 Å². The number of carbonyl (C=O) groups excluding carboxylic acids is 1. The minimum Gasteiger partial charge on any atom is -0.350 e. The first-order valence-corrected chi connectivity index (χ1v) is 10.4. The minimum absolute atomic E-state index is 0.00598. The van der Waals surface area contributed by atoms with Crippen LogP contribution in [0, 0.1) is 0 Å². The first kappa shape index (κ1) is 20.2. The number of carbonyl (C=O) groups is 1. The fraction of sp³-hybridized carbons (Fsp3) is 0.588. The van der Waals surface area contributed by atoms with E-state index < -0.39 is 10.0 Å². The van der Waals surface area contributed by atoms with Crippen molar-refractivity contribution in [3.8, 4) is 0 Å². The van der Waals surface area contributed by atoms with Crippen LogP contribution in [0.15, 0.2) is 23.1 Å². The van der Waals surface area contributed by atoms with E-state index in [1.807, 2.05) is 20.9 Å². The van der Waals surface area contributed by atoms with Gasteiger partial charge in [-0.2, -0.15) is 4.31 Å². The first-order chi connectivity index (χ1) is 11.8. The van der Waals surface area contributed by atoms with Crippen LogP contribution in [-0.2, 0) is 10.0 Å². The topological polar surface area (TPSA) is 69.7 Å². The van der Waals surface area contributed by atoms with E-state index in [0.717, 1.165) is 12.8 Å². The largest absolute Gasteiger partial charge is 0.350 e. The van der Waals surface area contributed by atoms with Crippen LogP contribution in [-0.4, -0.2) is 62.8 Å². The maximum absolute atomic E-state index is 12.8. The van der Waals surface area contributed by atoms with Crippen molar-refractivity contribution in [3.63, 3.8) is 0 Å². The van der Waals surface area contributed by atoms with Gasteiger partial charge in [-0.25, -0.2) is 8.42 Å². The molecule has 0 saturated carbocycles. The van der Waals surface area contributed by atoms with E-state index in [4.69, 9.17) is 11.6 Å². The molecule has 1 saturated heterocycles. The highest BCUT2D eigenvalue weighted by atomic mass is 35.5. The first-order valence-electron chi connectivity index (χ1n) is 8.54. The van der Waals surface area contributed by atoms with Gasteiger partial charge in [0, 0.05) is 32.2 Å². The molecule has 8 heteroatoms. The summed E-state index contributed by atoms with van der Waals surface area (Å²) in [4.78, 5) is 14.6. The fourth-order valence-electron chi connectivity index (χ4n) is 2.82. The zero-order valence-corrected chi connectivity index (χ0v) is 16.5. The van der Waals surface area contributed by atoms with Gasteiger partial charge in [0.05, 0.1) is 15.5 Å². The van der Waals surface area contributed by atoms with Crippen molar-refractivity contribution in [3.05, 3.63) is 28.8 Å². The Kier molecular flexibility index (Phi) is 6.85. The molecule has 1 heterocycles. The van der Waals surface area contributed by atoms with Crippen molar-refractivity contribution >= 4 is 27.5 Å². The monoisotopic (exact) mass is 387 g/mol. The molecule has 0 radical (unpaired) electrons. The van der Waals surface area contributed by atoms with Crippen molar-refractivity contribution < 1.29 is 13.2 Å². The average molecular weight is 388 g/mol. The number of amides is 1. The maximum atomic E-state index is 12.8. The molecule has 1 atom stereocenters. The lowest BCUT2D eigenvalue weighted by Crippen LogP contribution is -2.47. The van der Waals surface area contributed by atoms with E-state index in [2.05, 4.69) is 10.2 Å². The summed E-state index contributed by atoms with van der Waals surface area (Å²) < 4.78 is 27.1. The van der Waals surface area contributed by atoms with Crippen molar-refractivity contribution in [2.24, 2.45) is 0 Å². The summed E-state index contributed by atoms with van der Waals surface area (Å²) in [5.41, 5.74) is 0.194. The summed E-state index contributed by atoms with van der Waals surface area (Å²) >= 11 is 6.13. The highest BCUT2D eigenvalue weighted by molar-refractivity contribution is 7.89. The molecule has 1 fully saturated rings. The molecule has 1 N–H and O–H groups in total. The predicted octanol–water partition coefficient (Wildman–Crippen LogP) is 2.19. The molecule has 1 aromatic rings. The average Bonchev–Trinajstić information content (AvgIpc) is 2.55. The van der Waals surface area contributed by atoms with Gasteiger partial charge in [0.2, 0.25) is 10.0 Å². The summed E-state index contributed by atoms with van der Waals surface area (Å²) in [5, 5.41) is 3.11. The number of piperazine rings is 1. The van der Waals surface area contributed by atoms with Crippen molar-refractivity contribution in [2.45, 2.75) is 37.6 Å². The smallest absolute Gasteiger partial charge is 0.253 e. The Hall–Kier alpha value is -1.15. The number of benzene rings is 1. The molecule has 6 nitrogen and oxygen atoms in total. The van der Waals surface area contributed by atoms with Gasteiger partial charge in [-0.3, -0.25) is 4.79 Å². The third-order valence-corrected chi connectivity index (χ3v) is 6.61. The van der Waals surface area contributed by atoms with Crippen LogP contribution in [0.25, 0.3) is 0 Å². The lowest BCUT2D eigenvalue weighted by molar-refractivity contribution is 0.0938. The molecule has 0 spiro atoms. The number of rotatable bonds is 6. The van der Waals surface area contributed by atoms with Crippen LogP contribution in [0.1, 0.15) is 37.0 Å². The Bertz CT molecular complexity index is 716. The number of sulfonamides is 1. The number of nitrogens with zero attached hydrogens (tertiary/aromatic N) is 2. The second kappa shape index (κ2) is 8.49. The van der Waals surface area contributed by atoms with Gasteiger partial charge in [-0.15, -0.1) is 0 Å². The molecule has 1 aromatic carbocycles. The Morgan fingerprint density at radius 2 is 1.92 bits per heavy atom. The Labute approximate surface area is 155 Å². The number of halogens is 1. The maximum Gasteiger partial charge on any atom is 0.253 e. The Morgan fingerprint density at radius 1 is 1.28 bits per heavy atom. The highest BCUT2D eigenvalue weighted by Crippen LogP contribution is 2.24. The third kappa shape index (κ3) is 4.94. The fourth-order valence-corrected chi connectivity index (χ4v) is 4.48. The second-order valence-corrected chi connectivity index (χ2v) is 8.86. The van der Waals surface area contributed by atoms with Gasteiger partial charge in [0.15, 0.2) is 0 Å². The van der Waals surface area contributed by atoms with Crippen LogP contribution in [0.2, 0.25) is 5.02 Å². The standard InChI is InChI=1S/C17H26ClN3O3S/c1-4-5-13(2)19-17(22)15-12-14(6-7-16(15)18)25(23,24)21-10-8-20(3)9-11-21/h6-7,12-13H,4-5,8-11H2,1-3H3,(H,19,22). The van der Waals surface area contributed by atoms with Crippen LogP contribution in [0.4, 0.5) is 0 Å². The van der Waals surface area contributed by atoms with Gasteiger partial charge in [-0.1, -0.05) is 24.9 Å². The van der Waals surface area contributed by atoms with Gasteiger partial charge >= 0.3 is 0 Å². The summed E-state index contributed by atoms with van der Waals surface area (Å²) in [7, 11) is -1.66. The summed E-state index contributed by atoms with van der Waals surface area (Å²) in [6, 6.07) is 4.32. The molecule has 25 heavy (non-hydrogen) atoms. The van der Waals surface area contributed by atoms with E-state index in [1.54, 1.807) is 0 Å². The summed E-state index contributed by atoms with van der Waals surface area (Å²) in [6.45, 7) is 6.22. The van der Waals surface area contributed by atoms with Gasteiger partial charge in [0.25, 0.3) is 5.91 Å². The molecular formula is C17H26ClN3O3S. The number of likely N-dealkylation sites (N-methyl/N-ethyl adjacent to an activating group) is 1. The number of hydrogen-bond acceptors (Lipinski definition) is 4. The molecule has 1 amide bonds. The summed E-state index contributed by atoms with van der Waals surface area (Å²) in [5.74, 6) is -0.346. The van der Waals surface area contributed by atoms with Crippen molar-refractivity contribution in [1.29, 1.82) is 0 Å². The van der Waals surface area contributed by atoms with E-state index in [1.165, 1.54) is 22.5 Å². The minimum atomic E-state index is -3.63. The molecular weight excluding hydrogens is 362 g/mol. The molecule has 1 aliphatic heterocycles. The third-order valence-electron chi connectivity index (χ3n) is 4.38. The SMILES string of the molecule is CCCC(C)NC(=O)c1cc(S(=O)(=O)N2CCN(C)CC2)ccc1Cl. The summed E-state index contributed by atoms with van der Waals surface area (Å²) in [6.07, 6.45) is 1.80. The number of nitrogens with one attached hydrogen (secondary N) is 1. The second-order valence-electron chi connectivity index (χ2n) is 6.51. The number of hydrogen-bond donors (Lipinski definition) is 1. The molecule has 140 valence electrons. The van der Waals surface area contributed by atoms with E-state index in [9.17, 15) is 13.2 Å². The van der Waals surface area contributed by atoms with Crippen LogP contribution >= 0.6 is 11.6 Å². The van der Waals surface area contributed by atoms with E-state index >= 15 is 0 Å². The lowest BCUT2D eigenvalue weighted by atomic mass is 10.1. The molecule has 0 bridgehead atoms. The molecule has 1 unspecified atom stereocenters. The van der Waals surface area contributed by atoms with Gasteiger partial charge in [-0.05, 0) is 38.6 Å². The normalized spacial score (nSPS) is 18.1. The highest BCUT2D eigenvalue weighted by Gasteiger charge is 2.28. The van der Waals surface area contributed by atoms with E-state index in [0.29, 0.717) is 26.2 Å². The van der Waals surface area contributed by atoms with Crippen LogP contribution < -0.4 is 5.32 Å². The zero-order chi connectivity index (χ0) is 18.6. The lowest BCUT2D eigenvalue weighted by Gasteiger charge is -2.31. The molecule has 1 aliphatic rings. The van der Waals surface area contributed by atoms with Gasteiger partial charge in [0.1, 0.15) is 0 Å². The predicted molar refractivity (Wildman–Crippen MR) is 99.5 cm³/mol. The Balaban J connectivity index is 2.24. The van der Waals surface area contributed by atoms with Crippen molar-refractivity contribution in [1.82, 2.24) is 14.5 Å². The van der Waals surface area contributed by atoms with E-state index in [-0.39, 0.29) is 27.4 Å².